The van der Waals surface area contributed by atoms with Gasteiger partial charge in [-0.05, 0) is 44.4 Å². The molecule has 1 aliphatic carbocycles. The maximum Gasteiger partial charge on any atom is 0.223 e. The minimum Gasteiger partial charge on any atom is -0.350 e. The van der Waals surface area contributed by atoms with Crippen molar-refractivity contribution in [3.05, 3.63) is 23.5 Å². The molecule has 1 aromatic rings. The normalized spacial score (nSPS) is 23.3. The molecule has 3 N–H and O–H groups in total. The average Bonchev–Trinajstić information content (AvgIpc) is 2.76. The molecule has 2 atom stereocenters. The second-order valence-corrected chi connectivity index (χ2v) is 5.63. The van der Waals surface area contributed by atoms with Crippen molar-refractivity contribution in [1.82, 2.24) is 9.88 Å². The van der Waals surface area contributed by atoms with E-state index in [1.807, 2.05) is 7.05 Å². The Morgan fingerprint density at radius 2 is 2.16 bits per heavy atom. The first-order valence-electron chi connectivity index (χ1n) is 7.22. The number of hydrogen-bond acceptors (Lipinski definition) is 2. The SMILES string of the molecule is Cc1ccc(CNC(=O)C2CCCCC2CN)n1C. The smallest absolute Gasteiger partial charge is 0.223 e. The van der Waals surface area contributed by atoms with Gasteiger partial charge in [-0.1, -0.05) is 12.8 Å². The molecular formula is C15H25N3O. The number of rotatable bonds is 4. The summed E-state index contributed by atoms with van der Waals surface area (Å²) < 4.78 is 2.11. The monoisotopic (exact) mass is 263 g/mol. The van der Waals surface area contributed by atoms with Crippen molar-refractivity contribution in [2.75, 3.05) is 6.54 Å². The first-order valence-corrected chi connectivity index (χ1v) is 7.22. The zero-order chi connectivity index (χ0) is 13.8. The van der Waals surface area contributed by atoms with Crippen LogP contribution in [-0.2, 0) is 18.4 Å². The molecule has 2 rings (SSSR count). The number of hydrogen-bond donors (Lipinski definition) is 2. The Morgan fingerprint density at radius 3 is 2.79 bits per heavy atom. The van der Waals surface area contributed by atoms with Gasteiger partial charge in [0.05, 0.1) is 6.54 Å². The molecule has 1 heterocycles. The second-order valence-electron chi connectivity index (χ2n) is 5.63. The summed E-state index contributed by atoms with van der Waals surface area (Å²) in [5, 5.41) is 3.07. The van der Waals surface area contributed by atoms with Crippen LogP contribution >= 0.6 is 0 Å². The summed E-state index contributed by atoms with van der Waals surface area (Å²) in [7, 11) is 2.03. The van der Waals surface area contributed by atoms with Gasteiger partial charge in [-0.3, -0.25) is 4.79 Å². The molecule has 0 spiro atoms. The van der Waals surface area contributed by atoms with Crippen molar-refractivity contribution < 1.29 is 4.79 Å². The van der Waals surface area contributed by atoms with E-state index >= 15 is 0 Å². The lowest BCUT2D eigenvalue weighted by molar-refractivity contribution is -0.127. The van der Waals surface area contributed by atoms with Crippen molar-refractivity contribution in [1.29, 1.82) is 0 Å². The minimum absolute atomic E-state index is 0.111. The highest BCUT2D eigenvalue weighted by molar-refractivity contribution is 5.79. The number of carbonyl (C=O) groups excluding carboxylic acids is 1. The molecule has 1 fully saturated rings. The second kappa shape index (κ2) is 6.24. The third-order valence-electron chi connectivity index (χ3n) is 4.47. The quantitative estimate of drug-likeness (QED) is 0.869. The van der Waals surface area contributed by atoms with Gasteiger partial charge in [0.15, 0.2) is 0 Å². The molecule has 0 radical (unpaired) electrons. The highest BCUT2D eigenvalue weighted by Crippen LogP contribution is 2.29. The fraction of sp³-hybridized carbons (Fsp3) is 0.667. The number of nitrogens with two attached hydrogens (primary N) is 1. The van der Waals surface area contributed by atoms with Gasteiger partial charge in [-0.2, -0.15) is 0 Å². The third-order valence-corrected chi connectivity index (χ3v) is 4.47. The van der Waals surface area contributed by atoms with E-state index in [1.165, 1.54) is 12.1 Å². The first-order chi connectivity index (χ1) is 9.13. The summed E-state index contributed by atoms with van der Waals surface area (Å²) in [5.74, 6) is 0.651. The Kier molecular flexibility index (Phi) is 4.64. The van der Waals surface area contributed by atoms with Crippen LogP contribution in [-0.4, -0.2) is 17.0 Å². The minimum atomic E-state index is 0.111. The van der Waals surface area contributed by atoms with Crippen molar-refractivity contribution in [2.45, 2.75) is 39.2 Å². The van der Waals surface area contributed by atoms with Crippen molar-refractivity contribution in [2.24, 2.45) is 24.6 Å². The molecule has 1 aliphatic rings. The summed E-state index contributed by atoms with van der Waals surface area (Å²) in [5.41, 5.74) is 8.14. The highest BCUT2D eigenvalue weighted by atomic mass is 16.1. The van der Waals surface area contributed by atoms with Gasteiger partial charge in [0.2, 0.25) is 5.91 Å². The number of nitrogens with one attached hydrogen (secondary N) is 1. The first kappa shape index (κ1) is 14.1. The van der Waals surface area contributed by atoms with Gasteiger partial charge >= 0.3 is 0 Å². The van der Waals surface area contributed by atoms with Crippen LogP contribution in [0.5, 0.6) is 0 Å². The van der Waals surface area contributed by atoms with E-state index in [9.17, 15) is 4.79 Å². The van der Waals surface area contributed by atoms with Crippen LogP contribution in [0.3, 0.4) is 0 Å². The molecule has 2 unspecified atom stereocenters. The van der Waals surface area contributed by atoms with Gasteiger partial charge in [0, 0.05) is 24.4 Å². The topological polar surface area (TPSA) is 60.1 Å². The van der Waals surface area contributed by atoms with E-state index in [4.69, 9.17) is 5.73 Å². The van der Waals surface area contributed by atoms with Crippen LogP contribution in [0.4, 0.5) is 0 Å². The fourth-order valence-electron chi connectivity index (χ4n) is 2.99. The zero-order valence-corrected chi connectivity index (χ0v) is 12.0. The van der Waals surface area contributed by atoms with Crippen molar-refractivity contribution >= 4 is 5.91 Å². The van der Waals surface area contributed by atoms with Crippen LogP contribution in [0, 0.1) is 18.8 Å². The van der Waals surface area contributed by atoms with E-state index in [0.717, 1.165) is 25.0 Å². The van der Waals surface area contributed by atoms with E-state index in [-0.39, 0.29) is 11.8 Å². The zero-order valence-electron chi connectivity index (χ0n) is 12.0. The van der Waals surface area contributed by atoms with Gasteiger partial charge in [0.25, 0.3) is 0 Å². The van der Waals surface area contributed by atoms with Gasteiger partial charge in [0.1, 0.15) is 0 Å². The predicted molar refractivity (Wildman–Crippen MR) is 76.5 cm³/mol. The van der Waals surface area contributed by atoms with E-state index in [0.29, 0.717) is 19.0 Å². The maximum atomic E-state index is 12.3. The summed E-state index contributed by atoms with van der Waals surface area (Å²) in [6, 6.07) is 4.14. The molecule has 0 bridgehead atoms. The van der Waals surface area contributed by atoms with Gasteiger partial charge in [-0.25, -0.2) is 0 Å². The van der Waals surface area contributed by atoms with Crippen LogP contribution in [0.1, 0.15) is 37.1 Å². The molecule has 4 heteroatoms. The summed E-state index contributed by atoms with van der Waals surface area (Å²) >= 11 is 0. The van der Waals surface area contributed by atoms with Crippen molar-refractivity contribution in [3.63, 3.8) is 0 Å². The molecule has 1 saturated carbocycles. The number of nitrogens with zero attached hydrogens (tertiary/aromatic N) is 1. The number of aromatic nitrogens is 1. The van der Waals surface area contributed by atoms with E-state index < -0.39 is 0 Å². The lowest BCUT2D eigenvalue weighted by Crippen LogP contribution is -2.39. The Balaban J connectivity index is 1.91. The van der Waals surface area contributed by atoms with Crippen LogP contribution < -0.4 is 11.1 Å². The highest BCUT2D eigenvalue weighted by Gasteiger charge is 2.29. The number of amides is 1. The number of aryl methyl sites for hydroxylation is 1. The standard InChI is InChI=1S/C15H25N3O/c1-11-7-8-13(18(11)2)10-17-15(19)14-6-4-3-5-12(14)9-16/h7-8,12,14H,3-6,9-10,16H2,1-2H3,(H,17,19). The molecule has 106 valence electrons. The fourth-order valence-corrected chi connectivity index (χ4v) is 2.99. The summed E-state index contributed by atoms with van der Waals surface area (Å²) in [4.78, 5) is 12.3. The molecule has 19 heavy (non-hydrogen) atoms. The Bertz CT molecular complexity index is 439. The molecule has 0 aromatic carbocycles. The van der Waals surface area contributed by atoms with Crippen LogP contribution in [0.15, 0.2) is 12.1 Å². The lowest BCUT2D eigenvalue weighted by Gasteiger charge is -2.29. The molecule has 0 saturated heterocycles. The molecular weight excluding hydrogens is 238 g/mol. The molecule has 1 amide bonds. The third kappa shape index (κ3) is 3.18. The molecule has 1 aromatic heterocycles. The van der Waals surface area contributed by atoms with Crippen molar-refractivity contribution in [3.8, 4) is 0 Å². The Morgan fingerprint density at radius 1 is 1.42 bits per heavy atom. The van der Waals surface area contributed by atoms with Gasteiger partial charge < -0.3 is 15.6 Å². The summed E-state index contributed by atoms with van der Waals surface area (Å²) in [6.07, 6.45) is 4.44. The van der Waals surface area contributed by atoms with E-state index in [1.54, 1.807) is 0 Å². The molecule has 0 aliphatic heterocycles. The van der Waals surface area contributed by atoms with Gasteiger partial charge in [-0.15, -0.1) is 0 Å². The van der Waals surface area contributed by atoms with E-state index in [2.05, 4.69) is 28.9 Å². The number of carbonyl (C=O) groups is 1. The summed E-state index contributed by atoms with van der Waals surface area (Å²) in [6.45, 7) is 3.30. The Labute approximate surface area is 115 Å². The van der Waals surface area contributed by atoms with Crippen LogP contribution in [0.25, 0.3) is 0 Å². The lowest BCUT2D eigenvalue weighted by atomic mass is 9.79. The van der Waals surface area contributed by atoms with Crippen LogP contribution in [0.2, 0.25) is 0 Å². The predicted octanol–water partition coefficient (Wildman–Crippen LogP) is 1.71. The maximum absolute atomic E-state index is 12.3. The Hall–Kier alpha value is -1.29. The largest absolute Gasteiger partial charge is 0.350 e. The average molecular weight is 263 g/mol. The molecule has 4 nitrogen and oxygen atoms in total.